The largest absolute Gasteiger partial charge is 0.404 e. The van der Waals surface area contributed by atoms with Crippen LogP contribution in [0, 0.1) is 0 Å². The van der Waals surface area contributed by atoms with E-state index in [1.165, 1.54) is 19.3 Å². The van der Waals surface area contributed by atoms with Crippen LogP contribution < -0.4 is 4.84 Å². The number of para-hydroxylation sites is 1. The van der Waals surface area contributed by atoms with Crippen molar-refractivity contribution in [1.82, 2.24) is 24.6 Å². The van der Waals surface area contributed by atoms with Gasteiger partial charge in [0, 0.05) is 24.7 Å². The second-order valence-electron chi connectivity index (χ2n) is 6.56. The van der Waals surface area contributed by atoms with Crippen molar-refractivity contribution in [2.24, 2.45) is 0 Å². The molecule has 130 valence electrons. The van der Waals surface area contributed by atoms with Crippen LogP contribution in [-0.4, -0.2) is 37.7 Å². The van der Waals surface area contributed by atoms with Crippen LogP contribution in [0.25, 0.3) is 28.1 Å². The third-order valence-electron chi connectivity index (χ3n) is 4.77. The molecule has 0 amide bonds. The van der Waals surface area contributed by atoms with Crippen molar-refractivity contribution in [3.8, 4) is 17.3 Å². The van der Waals surface area contributed by atoms with Crippen LogP contribution in [-0.2, 0) is 0 Å². The Morgan fingerprint density at radius 3 is 2.69 bits per heavy atom. The van der Waals surface area contributed by atoms with E-state index < -0.39 is 0 Å². The van der Waals surface area contributed by atoms with E-state index in [2.05, 4.69) is 22.3 Å². The number of nitrogens with zero attached hydrogens (tertiary/aromatic N) is 5. The second kappa shape index (κ2) is 6.38. The normalized spacial score (nSPS) is 15.5. The summed E-state index contributed by atoms with van der Waals surface area (Å²) in [6, 6.07) is 15.9. The molecule has 0 bridgehead atoms. The number of hydrogen-bond donors (Lipinski definition) is 0. The summed E-state index contributed by atoms with van der Waals surface area (Å²) in [7, 11) is 0. The standard InChI is InChI=1S/C20H19N5O/c1-3-12-24(13-4-1)26-17-8-6-7-15-10-11-16(21-19(15)17)20-23-22-18-9-2-5-14-25(18)20/h2,5-11,14H,1,3-4,12-13H2. The predicted molar refractivity (Wildman–Crippen MR) is 99.8 cm³/mol. The second-order valence-corrected chi connectivity index (χ2v) is 6.56. The summed E-state index contributed by atoms with van der Waals surface area (Å²) >= 11 is 0. The summed E-state index contributed by atoms with van der Waals surface area (Å²) in [4.78, 5) is 11.0. The molecule has 4 heterocycles. The highest BCUT2D eigenvalue weighted by Crippen LogP contribution is 2.28. The van der Waals surface area contributed by atoms with Crippen molar-refractivity contribution in [3.05, 3.63) is 54.7 Å². The molecule has 6 nitrogen and oxygen atoms in total. The van der Waals surface area contributed by atoms with Crippen LogP contribution in [0.3, 0.4) is 0 Å². The Hall–Kier alpha value is -2.99. The molecule has 0 aliphatic carbocycles. The van der Waals surface area contributed by atoms with Gasteiger partial charge in [0.25, 0.3) is 0 Å². The SMILES string of the molecule is c1cc(ON2CCCCC2)c2nc(-c3nnc4ccccn34)ccc2c1. The molecule has 1 aliphatic heterocycles. The molecule has 0 unspecified atom stereocenters. The molecule has 4 aromatic rings. The molecular formula is C20H19N5O. The number of hydroxylamine groups is 2. The zero-order valence-electron chi connectivity index (χ0n) is 14.4. The quantitative estimate of drug-likeness (QED) is 0.566. The molecular weight excluding hydrogens is 326 g/mol. The minimum atomic E-state index is 0.732. The van der Waals surface area contributed by atoms with E-state index in [0.717, 1.165) is 46.9 Å². The van der Waals surface area contributed by atoms with Crippen LogP contribution in [0.4, 0.5) is 0 Å². The molecule has 1 saturated heterocycles. The van der Waals surface area contributed by atoms with E-state index >= 15 is 0 Å². The van der Waals surface area contributed by atoms with Gasteiger partial charge >= 0.3 is 0 Å². The van der Waals surface area contributed by atoms with Gasteiger partial charge in [-0.15, -0.1) is 15.3 Å². The molecule has 0 radical (unpaired) electrons. The summed E-state index contributed by atoms with van der Waals surface area (Å²) < 4.78 is 1.95. The van der Waals surface area contributed by atoms with Gasteiger partial charge in [-0.05, 0) is 37.1 Å². The van der Waals surface area contributed by atoms with Gasteiger partial charge in [0.2, 0.25) is 0 Å². The zero-order valence-corrected chi connectivity index (χ0v) is 14.4. The number of benzene rings is 1. The number of rotatable bonds is 3. The van der Waals surface area contributed by atoms with E-state index in [4.69, 9.17) is 9.82 Å². The average molecular weight is 345 g/mol. The maximum absolute atomic E-state index is 6.16. The first kappa shape index (κ1) is 15.3. The molecule has 1 fully saturated rings. The van der Waals surface area contributed by atoms with Crippen LogP contribution in [0.1, 0.15) is 19.3 Å². The topological polar surface area (TPSA) is 55.5 Å². The molecule has 26 heavy (non-hydrogen) atoms. The third-order valence-corrected chi connectivity index (χ3v) is 4.77. The van der Waals surface area contributed by atoms with Crippen molar-refractivity contribution in [2.75, 3.05) is 13.1 Å². The molecule has 6 heteroatoms. The Morgan fingerprint density at radius 2 is 1.77 bits per heavy atom. The smallest absolute Gasteiger partial charge is 0.187 e. The first-order valence-electron chi connectivity index (χ1n) is 9.01. The Balaban J connectivity index is 1.58. The highest BCUT2D eigenvalue weighted by molar-refractivity contribution is 5.86. The van der Waals surface area contributed by atoms with Gasteiger partial charge in [-0.1, -0.05) is 30.7 Å². The Kier molecular flexibility index (Phi) is 3.75. The summed E-state index contributed by atoms with van der Waals surface area (Å²) in [5, 5.41) is 11.6. The first-order chi connectivity index (χ1) is 12.9. The lowest BCUT2D eigenvalue weighted by molar-refractivity contribution is -0.0707. The van der Waals surface area contributed by atoms with Gasteiger partial charge in [-0.2, -0.15) is 0 Å². The Bertz CT molecular complexity index is 1070. The molecule has 0 atom stereocenters. The minimum Gasteiger partial charge on any atom is -0.404 e. The number of pyridine rings is 2. The lowest BCUT2D eigenvalue weighted by Gasteiger charge is -2.26. The Labute approximate surface area is 151 Å². The zero-order chi connectivity index (χ0) is 17.3. The van der Waals surface area contributed by atoms with E-state index in [1.54, 1.807) is 0 Å². The van der Waals surface area contributed by atoms with Crippen LogP contribution in [0.2, 0.25) is 0 Å². The first-order valence-corrected chi connectivity index (χ1v) is 9.01. The summed E-state index contributed by atoms with van der Waals surface area (Å²) in [5.41, 5.74) is 2.44. The van der Waals surface area contributed by atoms with E-state index in [9.17, 15) is 0 Å². The lowest BCUT2D eigenvalue weighted by atomic mass is 10.1. The molecule has 0 spiro atoms. The van der Waals surface area contributed by atoms with Crippen molar-refractivity contribution in [2.45, 2.75) is 19.3 Å². The van der Waals surface area contributed by atoms with Crippen LogP contribution >= 0.6 is 0 Å². The summed E-state index contributed by atoms with van der Waals surface area (Å²) in [6.07, 6.45) is 5.58. The fourth-order valence-corrected chi connectivity index (χ4v) is 3.43. The number of fused-ring (bicyclic) bond motifs is 2. The predicted octanol–water partition coefficient (Wildman–Crippen LogP) is 3.72. The highest BCUT2D eigenvalue weighted by atomic mass is 16.7. The van der Waals surface area contributed by atoms with Gasteiger partial charge in [-0.3, -0.25) is 4.40 Å². The molecule has 5 rings (SSSR count). The molecule has 3 aromatic heterocycles. The Morgan fingerprint density at radius 1 is 0.846 bits per heavy atom. The maximum atomic E-state index is 6.16. The van der Waals surface area contributed by atoms with Gasteiger partial charge in [0.1, 0.15) is 11.2 Å². The van der Waals surface area contributed by atoms with Gasteiger partial charge < -0.3 is 4.84 Å². The van der Waals surface area contributed by atoms with E-state index in [1.807, 2.05) is 52.1 Å². The van der Waals surface area contributed by atoms with Gasteiger partial charge in [0.05, 0.1) is 0 Å². The lowest BCUT2D eigenvalue weighted by Crippen LogP contribution is -2.32. The number of piperidine rings is 1. The molecule has 1 aromatic carbocycles. The van der Waals surface area contributed by atoms with Crippen LogP contribution in [0.15, 0.2) is 54.7 Å². The number of hydrogen-bond acceptors (Lipinski definition) is 5. The van der Waals surface area contributed by atoms with Crippen molar-refractivity contribution in [3.63, 3.8) is 0 Å². The molecule has 0 N–H and O–H groups in total. The summed E-state index contributed by atoms with van der Waals surface area (Å²) in [6.45, 7) is 1.93. The van der Waals surface area contributed by atoms with Gasteiger partial charge in [-0.25, -0.2) is 4.98 Å². The third kappa shape index (κ3) is 2.68. The van der Waals surface area contributed by atoms with E-state index in [-0.39, 0.29) is 0 Å². The molecule has 1 aliphatic rings. The monoisotopic (exact) mass is 345 g/mol. The number of aromatic nitrogens is 4. The van der Waals surface area contributed by atoms with Gasteiger partial charge in [0.15, 0.2) is 17.2 Å². The molecule has 0 saturated carbocycles. The average Bonchev–Trinajstić information content (AvgIpc) is 3.13. The van der Waals surface area contributed by atoms with Crippen molar-refractivity contribution >= 4 is 16.6 Å². The summed E-state index contributed by atoms with van der Waals surface area (Å²) in [5.74, 6) is 1.52. The maximum Gasteiger partial charge on any atom is 0.187 e. The fraction of sp³-hybridized carbons (Fsp3) is 0.250. The van der Waals surface area contributed by atoms with Crippen molar-refractivity contribution in [1.29, 1.82) is 0 Å². The fourth-order valence-electron chi connectivity index (χ4n) is 3.43. The highest BCUT2D eigenvalue weighted by Gasteiger charge is 2.15. The van der Waals surface area contributed by atoms with E-state index in [0.29, 0.717) is 0 Å². The van der Waals surface area contributed by atoms with Crippen molar-refractivity contribution < 1.29 is 4.84 Å². The van der Waals surface area contributed by atoms with Crippen LogP contribution in [0.5, 0.6) is 5.75 Å². The minimum absolute atomic E-state index is 0.732.